The lowest BCUT2D eigenvalue weighted by molar-refractivity contribution is 0.0602. The number of hydrogen-bond donors (Lipinski definition) is 2. The lowest BCUT2D eigenvalue weighted by Gasteiger charge is -2.12. The van der Waals surface area contributed by atoms with E-state index >= 15 is 0 Å². The summed E-state index contributed by atoms with van der Waals surface area (Å²) in [5.41, 5.74) is 2.37. The molecule has 2 aromatic carbocycles. The maximum absolute atomic E-state index is 12.5. The Morgan fingerprint density at radius 3 is 2.38 bits per heavy atom. The van der Waals surface area contributed by atoms with Crippen molar-refractivity contribution in [1.82, 2.24) is 4.98 Å². The van der Waals surface area contributed by atoms with Gasteiger partial charge in [-0.1, -0.05) is 24.3 Å². The van der Waals surface area contributed by atoms with Gasteiger partial charge >= 0.3 is 5.97 Å². The highest BCUT2D eigenvalue weighted by molar-refractivity contribution is 6.07. The Kier molecular flexibility index (Phi) is 6.42. The van der Waals surface area contributed by atoms with E-state index in [0.29, 0.717) is 18.0 Å². The van der Waals surface area contributed by atoms with Crippen LogP contribution < -0.4 is 15.4 Å². The summed E-state index contributed by atoms with van der Waals surface area (Å²) in [5, 5.41) is 5.92. The second-order valence-corrected chi connectivity index (χ2v) is 5.98. The number of amides is 1. The molecular weight excluding hydrogens is 370 g/mol. The monoisotopic (exact) mass is 391 g/mol. The molecule has 0 spiro atoms. The third-order valence-electron chi connectivity index (χ3n) is 4.04. The fourth-order valence-corrected chi connectivity index (χ4v) is 2.68. The summed E-state index contributed by atoms with van der Waals surface area (Å²) in [7, 11) is 1.29. The van der Waals surface area contributed by atoms with Crippen molar-refractivity contribution in [2.75, 3.05) is 24.4 Å². The molecule has 148 valence electrons. The molecule has 1 aromatic heterocycles. The van der Waals surface area contributed by atoms with E-state index in [4.69, 9.17) is 9.47 Å². The predicted octanol–water partition coefficient (Wildman–Crippen LogP) is 4.26. The summed E-state index contributed by atoms with van der Waals surface area (Å²) in [6.45, 7) is 2.48. The van der Waals surface area contributed by atoms with Gasteiger partial charge in [0.25, 0.3) is 5.91 Å². The van der Waals surface area contributed by atoms with E-state index in [2.05, 4.69) is 15.6 Å². The number of nitrogens with zero attached hydrogens (tertiary/aromatic N) is 1. The first-order chi connectivity index (χ1) is 14.1. The standard InChI is InChI=1S/C22H21N3O4/c1-3-29-20-11-7-6-10-18(20)24-15-12-13-19(23-14-15)21(26)25-17-9-5-4-8-16(17)22(27)28-2/h4-14,24H,3H2,1-2H3,(H,25,26). The van der Waals surface area contributed by atoms with Crippen LogP contribution in [-0.4, -0.2) is 30.6 Å². The molecule has 0 saturated carbocycles. The van der Waals surface area contributed by atoms with Crippen molar-refractivity contribution in [2.24, 2.45) is 0 Å². The number of aromatic nitrogens is 1. The topological polar surface area (TPSA) is 89.6 Å². The van der Waals surface area contributed by atoms with Gasteiger partial charge in [0.2, 0.25) is 0 Å². The van der Waals surface area contributed by atoms with Crippen molar-refractivity contribution < 1.29 is 19.1 Å². The van der Waals surface area contributed by atoms with Gasteiger partial charge < -0.3 is 20.1 Å². The molecule has 0 atom stereocenters. The van der Waals surface area contributed by atoms with Crippen molar-refractivity contribution in [2.45, 2.75) is 6.92 Å². The molecule has 1 amide bonds. The molecule has 0 saturated heterocycles. The number of methoxy groups -OCH3 is 1. The van der Waals surface area contributed by atoms with Crippen LogP contribution in [0.2, 0.25) is 0 Å². The highest BCUT2D eigenvalue weighted by Crippen LogP contribution is 2.27. The molecule has 29 heavy (non-hydrogen) atoms. The summed E-state index contributed by atoms with van der Waals surface area (Å²) in [6.07, 6.45) is 1.56. The quantitative estimate of drug-likeness (QED) is 0.585. The third-order valence-corrected chi connectivity index (χ3v) is 4.04. The van der Waals surface area contributed by atoms with Crippen LogP contribution in [0.4, 0.5) is 17.1 Å². The SMILES string of the molecule is CCOc1ccccc1Nc1ccc(C(=O)Nc2ccccc2C(=O)OC)nc1. The molecule has 7 nitrogen and oxygen atoms in total. The van der Waals surface area contributed by atoms with E-state index < -0.39 is 11.9 Å². The highest BCUT2D eigenvalue weighted by atomic mass is 16.5. The normalized spacial score (nSPS) is 10.1. The summed E-state index contributed by atoms with van der Waals surface area (Å²) in [6, 6.07) is 17.5. The van der Waals surface area contributed by atoms with Crippen LogP contribution in [0.1, 0.15) is 27.8 Å². The molecule has 7 heteroatoms. The number of carbonyl (C=O) groups is 2. The number of carbonyl (C=O) groups excluding carboxylic acids is 2. The van der Waals surface area contributed by atoms with Crippen LogP contribution in [0.15, 0.2) is 66.9 Å². The van der Waals surface area contributed by atoms with Gasteiger partial charge in [-0.25, -0.2) is 9.78 Å². The molecular formula is C22H21N3O4. The van der Waals surface area contributed by atoms with Gasteiger partial charge in [-0.3, -0.25) is 4.79 Å². The minimum atomic E-state index is -0.527. The molecule has 0 bridgehead atoms. The first kappa shape index (κ1) is 19.9. The fraction of sp³-hybridized carbons (Fsp3) is 0.136. The zero-order valence-corrected chi connectivity index (χ0v) is 16.1. The van der Waals surface area contributed by atoms with Gasteiger partial charge in [0.1, 0.15) is 11.4 Å². The van der Waals surface area contributed by atoms with Gasteiger partial charge in [-0.05, 0) is 43.3 Å². The maximum Gasteiger partial charge on any atom is 0.339 e. The zero-order chi connectivity index (χ0) is 20.6. The van der Waals surface area contributed by atoms with Crippen LogP contribution in [0.3, 0.4) is 0 Å². The van der Waals surface area contributed by atoms with Gasteiger partial charge in [0.05, 0.1) is 42.5 Å². The van der Waals surface area contributed by atoms with E-state index in [0.717, 1.165) is 11.4 Å². The van der Waals surface area contributed by atoms with Crippen LogP contribution in [-0.2, 0) is 4.74 Å². The van der Waals surface area contributed by atoms with E-state index in [-0.39, 0.29) is 11.3 Å². The number of anilines is 3. The largest absolute Gasteiger partial charge is 0.492 e. The summed E-state index contributed by atoms with van der Waals surface area (Å²) in [4.78, 5) is 28.6. The lowest BCUT2D eigenvalue weighted by Crippen LogP contribution is -2.16. The van der Waals surface area contributed by atoms with E-state index in [1.54, 1.807) is 42.6 Å². The predicted molar refractivity (Wildman–Crippen MR) is 111 cm³/mol. The minimum absolute atomic E-state index is 0.216. The molecule has 1 heterocycles. The minimum Gasteiger partial charge on any atom is -0.492 e. The van der Waals surface area contributed by atoms with Gasteiger partial charge in [-0.2, -0.15) is 0 Å². The molecule has 0 aliphatic heterocycles. The first-order valence-corrected chi connectivity index (χ1v) is 9.06. The molecule has 0 aliphatic rings. The average molecular weight is 391 g/mol. The van der Waals surface area contributed by atoms with Crippen LogP contribution in [0.25, 0.3) is 0 Å². The second kappa shape index (κ2) is 9.36. The van der Waals surface area contributed by atoms with Crippen LogP contribution in [0, 0.1) is 0 Å². The Hall–Kier alpha value is -3.87. The fourth-order valence-electron chi connectivity index (χ4n) is 2.68. The Balaban J connectivity index is 1.73. The summed E-state index contributed by atoms with van der Waals surface area (Å²) >= 11 is 0. The number of nitrogens with one attached hydrogen (secondary N) is 2. The number of ether oxygens (including phenoxy) is 2. The van der Waals surface area contributed by atoms with Crippen molar-refractivity contribution in [1.29, 1.82) is 0 Å². The Morgan fingerprint density at radius 1 is 0.966 bits per heavy atom. The van der Waals surface area contributed by atoms with Gasteiger partial charge in [0, 0.05) is 0 Å². The summed E-state index contributed by atoms with van der Waals surface area (Å²) in [5.74, 6) is -0.222. The third kappa shape index (κ3) is 4.90. The molecule has 0 unspecified atom stereocenters. The molecule has 3 aromatic rings. The Morgan fingerprint density at radius 2 is 1.69 bits per heavy atom. The maximum atomic E-state index is 12.5. The Labute approximate surface area is 168 Å². The molecule has 2 N–H and O–H groups in total. The number of rotatable bonds is 7. The number of esters is 1. The number of benzene rings is 2. The highest BCUT2D eigenvalue weighted by Gasteiger charge is 2.15. The molecule has 0 aliphatic carbocycles. The van der Waals surface area contributed by atoms with E-state index in [1.165, 1.54) is 7.11 Å². The van der Waals surface area contributed by atoms with Crippen LogP contribution in [0.5, 0.6) is 5.75 Å². The van der Waals surface area contributed by atoms with Gasteiger partial charge in [-0.15, -0.1) is 0 Å². The zero-order valence-electron chi connectivity index (χ0n) is 16.1. The molecule has 0 radical (unpaired) electrons. The molecule has 0 fully saturated rings. The van der Waals surface area contributed by atoms with Gasteiger partial charge in [0.15, 0.2) is 0 Å². The average Bonchev–Trinajstić information content (AvgIpc) is 2.75. The number of pyridine rings is 1. The van der Waals surface area contributed by atoms with Crippen molar-refractivity contribution >= 4 is 28.9 Å². The van der Waals surface area contributed by atoms with Crippen molar-refractivity contribution in [3.05, 3.63) is 78.1 Å². The Bertz CT molecular complexity index is 1000. The lowest BCUT2D eigenvalue weighted by atomic mass is 10.1. The van der Waals surface area contributed by atoms with Crippen LogP contribution >= 0.6 is 0 Å². The number of hydrogen-bond acceptors (Lipinski definition) is 6. The number of para-hydroxylation sites is 3. The van der Waals surface area contributed by atoms with Crippen molar-refractivity contribution in [3.8, 4) is 5.75 Å². The first-order valence-electron chi connectivity index (χ1n) is 9.06. The summed E-state index contributed by atoms with van der Waals surface area (Å²) < 4.78 is 10.3. The smallest absolute Gasteiger partial charge is 0.339 e. The molecule has 3 rings (SSSR count). The van der Waals surface area contributed by atoms with E-state index in [1.807, 2.05) is 31.2 Å². The van der Waals surface area contributed by atoms with Crippen molar-refractivity contribution in [3.63, 3.8) is 0 Å². The second-order valence-electron chi connectivity index (χ2n) is 5.98. The van der Waals surface area contributed by atoms with E-state index in [9.17, 15) is 9.59 Å².